The predicted molar refractivity (Wildman–Crippen MR) is 77.9 cm³/mol. The van der Waals surface area contributed by atoms with E-state index in [9.17, 15) is 9.59 Å². The van der Waals surface area contributed by atoms with Crippen LogP contribution in [0.15, 0.2) is 45.6 Å². The molecule has 0 aliphatic rings. The number of carbonyl (C=O) groups is 2. The highest BCUT2D eigenvalue weighted by Crippen LogP contribution is 2.21. The quantitative estimate of drug-likeness (QED) is 0.898. The molecule has 19 heavy (non-hydrogen) atoms. The summed E-state index contributed by atoms with van der Waals surface area (Å²) in [5.41, 5.74) is 6.50. The number of primary amides is 1. The van der Waals surface area contributed by atoms with Crippen molar-refractivity contribution < 1.29 is 9.59 Å². The zero-order valence-electron chi connectivity index (χ0n) is 9.80. The van der Waals surface area contributed by atoms with Crippen LogP contribution in [-0.4, -0.2) is 11.8 Å². The summed E-state index contributed by atoms with van der Waals surface area (Å²) in [5.74, 6) is -0.913. The number of hydrogen-bond acceptors (Lipinski definition) is 3. The van der Waals surface area contributed by atoms with E-state index in [0.717, 1.165) is 3.79 Å². The van der Waals surface area contributed by atoms with Crippen LogP contribution in [0.4, 0.5) is 0 Å². The summed E-state index contributed by atoms with van der Waals surface area (Å²) < 4.78 is 0.855. The number of nitrogens with two attached hydrogens (primary N) is 1. The molecule has 0 saturated heterocycles. The molecule has 1 atom stereocenters. The van der Waals surface area contributed by atoms with E-state index in [2.05, 4.69) is 21.2 Å². The minimum absolute atomic E-state index is 0.324. The fourth-order valence-electron chi connectivity index (χ4n) is 1.61. The molecule has 98 valence electrons. The summed E-state index contributed by atoms with van der Waals surface area (Å²) in [6.45, 7) is 0. The van der Waals surface area contributed by atoms with E-state index in [0.29, 0.717) is 11.1 Å². The topological polar surface area (TPSA) is 72.2 Å². The second kappa shape index (κ2) is 5.99. The van der Waals surface area contributed by atoms with Crippen molar-refractivity contribution >= 4 is 39.1 Å². The van der Waals surface area contributed by atoms with Crippen LogP contribution in [0.25, 0.3) is 0 Å². The van der Waals surface area contributed by atoms with Crippen molar-refractivity contribution in [2.24, 2.45) is 5.73 Å². The Labute approximate surface area is 122 Å². The Morgan fingerprint density at radius 3 is 2.47 bits per heavy atom. The van der Waals surface area contributed by atoms with Crippen LogP contribution in [-0.2, 0) is 4.79 Å². The van der Waals surface area contributed by atoms with Crippen LogP contribution in [0, 0.1) is 0 Å². The normalized spacial score (nSPS) is 11.8. The van der Waals surface area contributed by atoms with Gasteiger partial charge in [0.2, 0.25) is 5.91 Å². The van der Waals surface area contributed by atoms with Gasteiger partial charge in [-0.05, 0) is 27.6 Å². The molecule has 2 amide bonds. The monoisotopic (exact) mass is 338 g/mol. The van der Waals surface area contributed by atoms with E-state index < -0.39 is 11.9 Å². The number of rotatable bonds is 4. The summed E-state index contributed by atoms with van der Waals surface area (Å²) in [7, 11) is 0. The molecular weight excluding hydrogens is 328 g/mol. The van der Waals surface area contributed by atoms with Crippen LogP contribution < -0.4 is 11.1 Å². The molecule has 0 spiro atoms. The smallest absolute Gasteiger partial charge is 0.253 e. The molecule has 1 aromatic heterocycles. The number of amides is 2. The number of carbonyl (C=O) groups excluding carboxylic acids is 2. The molecule has 0 radical (unpaired) electrons. The lowest BCUT2D eigenvalue weighted by atomic mass is 10.1. The average molecular weight is 339 g/mol. The van der Waals surface area contributed by atoms with Gasteiger partial charge in [-0.2, -0.15) is 0 Å². The number of halogens is 1. The first-order valence-electron chi connectivity index (χ1n) is 5.47. The Hall–Kier alpha value is -1.66. The van der Waals surface area contributed by atoms with Crippen LogP contribution in [0.3, 0.4) is 0 Å². The van der Waals surface area contributed by atoms with Crippen molar-refractivity contribution in [3.8, 4) is 0 Å². The van der Waals surface area contributed by atoms with Gasteiger partial charge in [-0.25, -0.2) is 0 Å². The Morgan fingerprint density at radius 1 is 1.26 bits per heavy atom. The predicted octanol–water partition coefficient (Wildman–Crippen LogP) is 2.47. The summed E-state index contributed by atoms with van der Waals surface area (Å²) in [6.07, 6.45) is 0. The Bertz CT molecular complexity index is 598. The summed E-state index contributed by atoms with van der Waals surface area (Å²) in [5, 5.41) is 4.35. The highest BCUT2D eigenvalue weighted by atomic mass is 79.9. The van der Waals surface area contributed by atoms with Gasteiger partial charge in [0.05, 0.1) is 9.35 Å². The van der Waals surface area contributed by atoms with E-state index >= 15 is 0 Å². The first kappa shape index (κ1) is 13.8. The minimum Gasteiger partial charge on any atom is -0.368 e. The molecule has 2 aromatic rings. The van der Waals surface area contributed by atoms with Crippen LogP contribution in [0.1, 0.15) is 22.0 Å². The molecular formula is C13H11BrN2O2S. The largest absolute Gasteiger partial charge is 0.368 e. The van der Waals surface area contributed by atoms with Gasteiger partial charge in [0.25, 0.3) is 5.91 Å². The first-order valence-corrected chi connectivity index (χ1v) is 7.14. The fraction of sp³-hybridized carbons (Fsp3) is 0.0769. The molecule has 1 unspecified atom stereocenters. The molecule has 0 aliphatic heterocycles. The lowest BCUT2D eigenvalue weighted by Gasteiger charge is -2.15. The van der Waals surface area contributed by atoms with Gasteiger partial charge >= 0.3 is 0 Å². The van der Waals surface area contributed by atoms with Crippen molar-refractivity contribution in [2.45, 2.75) is 6.04 Å². The summed E-state index contributed by atoms with van der Waals surface area (Å²) in [6, 6.07) is 9.78. The standard InChI is InChI=1S/C13H11BrN2O2S/c14-10-6-9(7-19-10)13(18)16-11(12(15)17)8-4-2-1-3-5-8/h1-7,11H,(H2,15,17)(H,16,18). The van der Waals surface area contributed by atoms with Crippen LogP contribution in [0.2, 0.25) is 0 Å². The van der Waals surface area contributed by atoms with Crippen molar-refractivity contribution in [3.05, 3.63) is 56.7 Å². The third-order valence-corrected chi connectivity index (χ3v) is 4.03. The molecule has 0 aliphatic carbocycles. The van der Waals surface area contributed by atoms with Gasteiger partial charge in [0.15, 0.2) is 0 Å². The number of benzene rings is 1. The van der Waals surface area contributed by atoms with E-state index in [1.807, 2.05) is 6.07 Å². The van der Waals surface area contributed by atoms with E-state index in [-0.39, 0.29) is 5.91 Å². The molecule has 0 bridgehead atoms. The van der Waals surface area contributed by atoms with Crippen molar-refractivity contribution in [1.29, 1.82) is 0 Å². The molecule has 4 nitrogen and oxygen atoms in total. The second-order valence-electron chi connectivity index (χ2n) is 3.86. The zero-order valence-corrected chi connectivity index (χ0v) is 12.2. The number of thiophene rings is 1. The minimum atomic E-state index is -0.827. The SMILES string of the molecule is NC(=O)C(NC(=O)c1csc(Br)c1)c1ccccc1. The Kier molecular flexibility index (Phi) is 4.34. The van der Waals surface area contributed by atoms with Gasteiger partial charge in [-0.1, -0.05) is 30.3 Å². The van der Waals surface area contributed by atoms with Gasteiger partial charge < -0.3 is 11.1 Å². The molecule has 0 fully saturated rings. The maximum Gasteiger partial charge on any atom is 0.253 e. The highest BCUT2D eigenvalue weighted by molar-refractivity contribution is 9.11. The molecule has 2 rings (SSSR count). The maximum atomic E-state index is 12.0. The molecule has 0 saturated carbocycles. The summed E-state index contributed by atoms with van der Waals surface area (Å²) in [4.78, 5) is 23.5. The van der Waals surface area contributed by atoms with Gasteiger partial charge in [0, 0.05) is 5.38 Å². The third-order valence-electron chi connectivity index (χ3n) is 2.52. The van der Waals surface area contributed by atoms with Gasteiger partial charge in [-0.3, -0.25) is 9.59 Å². The van der Waals surface area contributed by atoms with E-state index in [4.69, 9.17) is 5.73 Å². The van der Waals surface area contributed by atoms with Crippen molar-refractivity contribution in [2.75, 3.05) is 0 Å². The lowest BCUT2D eigenvalue weighted by molar-refractivity contribution is -0.120. The lowest BCUT2D eigenvalue weighted by Crippen LogP contribution is -2.37. The zero-order chi connectivity index (χ0) is 13.8. The second-order valence-corrected chi connectivity index (χ2v) is 6.15. The first-order chi connectivity index (χ1) is 9.08. The van der Waals surface area contributed by atoms with E-state index in [1.54, 1.807) is 35.7 Å². The molecule has 6 heteroatoms. The molecule has 1 aromatic carbocycles. The van der Waals surface area contributed by atoms with Gasteiger partial charge in [0.1, 0.15) is 6.04 Å². The maximum absolute atomic E-state index is 12.0. The van der Waals surface area contributed by atoms with E-state index in [1.165, 1.54) is 11.3 Å². The van der Waals surface area contributed by atoms with Crippen molar-refractivity contribution in [3.63, 3.8) is 0 Å². The van der Waals surface area contributed by atoms with Crippen molar-refractivity contribution in [1.82, 2.24) is 5.32 Å². The Morgan fingerprint density at radius 2 is 1.95 bits per heavy atom. The molecule has 1 heterocycles. The third kappa shape index (κ3) is 3.42. The Balaban J connectivity index is 2.18. The highest BCUT2D eigenvalue weighted by Gasteiger charge is 2.21. The van der Waals surface area contributed by atoms with Crippen LogP contribution in [0.5, 0.6) is 0 Å². The fourth-order valence-corrected chi connectivity index (χ4v) is 2.74. The number of hydrogen-bond donors (Lipinski definition) is 2. The number of nitrogens with one attached hydrogen (secondary N) is 1. The average Bonchev–Trinajstić information content (AvgIpc) is 2.83. The molecule has 3 N–H and O–H groups in total. The summed E-state index contributed by atoms with van der Waals surface area (Å²) >= 11 is 4.69. The van der Waals surface area contributed by atoms with Crippen LogP contribution >= 0.6 is 27.3 Å². The van der Waals surface area contributed by atoms with Gasteiger partial charge in [-0.15, -0.1) is 11.3 Å².